The third kappa shape index (κ3) is 3.38. The molecule has 2 rings (SSSR count). The van der Waals surface area contributed by atoms with Crippen LogP contribution in [0.3, 0.4) is 0 Å². The Morgan fingerprint density at radius 1 is 1.21 bits per heavy atom. The maximum atomic E-state index is 13.1. The third-order valence-corrected chi connectivity index (χ3v) is 2.19. The average Bonchev–Trinajstić information content (AvgIpc) is 2.80. The Bertz CT molecular complexity index is 590. The van der Waals surface area contributed by atoms with E-state index in [1.165, 1.54) is 18.4 Å². The number of anilines is 2. The predicted octanol–water partition coefficient (Wildman–Crippen LogP) is 1.70. The van der Waals surface area contributed by atoms with Gasteiger partial charge in [-0.05, 0) is 30.7 Å². The summed E-state index contributed by atoms with van der Waals surface area (Å²) in [5.74, 6) is -2.22. The minimum absolute atomic E-state index is 0.121. The Hall–Kier alpha value is -2.70. The van der Waals surface area contributed by atoms with Crippen molar-refractivity contribution in [1.29, 1.82) is 0 Å². The van der Waals surface area contributed by atoms with Crippen molar-refractivity contribution in [2.75, 3.05) is 10.6 Å². The number of rotatable bonds is 2. The lowest BCUT2D eigenvalue weighted by Gasteiger charge is -2.05. The minimum Gasteiger partial charge on any atom is -0.363 e. The fraction of sp³-hybridized carbons (Fsp3) is 0.0833. The summed E-state index contributed by atoms with van der Waals surface area (Å²) in [6, 6.07) is 5.36. The van der Waals surface area contributed by atoms with Crippen LogP contribution in [0.4, 0.5) is 15.9 Å². The van der Waals surface area contributed by atoms with Crippen LogP contribution in [0.5, 0.6) is 0 Å². The van der Waals surface area contributed by atoms with Crippen molar-refractivity contribution in [3.63, 3.8) is 0 Å². The van der Waals surface area contributed by atoms with Gasteiger partial charge in [0.1, 0.15) is 12.1 Å². The number of halogens is 1. The highest BCUT2D eigenvalue weighted by molar-refractivity contribution is 6.43. The summed E-state index contributed by atoms with van der Waals surface area (Å²) in [6.07, 6.45) is 1.25. The summed E-state index contributed by atoms with van der Waals surface area (Å²) in [5.41, 5.74) is 0.838. The first-order valence-corrected chi connectivity index (χ1v) is 5.34. The lowest BCUT2D eigenvalue weighted by Crippen LogP contribution is -2.29. The normalized spacial score (nSPS) is 10.0. The van der Waals surface area contributed by atoms with Gasteiger partial charge in [-0.25, -0.2) is 4.39 Å². The van der Waals surface area contributed by atoms with Crippen molar-refractivity contribution in [3.05, 3.63) is 41.9 Å². The number of hydrogen-bond donors (Lipinski definition) is 2. The largest absolute Gasteiger partial charge is 0.363 e. The molecule has 0 unspecified atom stereocenters. The Morgan fingerprint density at radius 3 is 2.58 bits per heavy atom. The fourth-order valence-electron chi connectivity index (χ4n) is 1.45. The SMILES string of the molecule is Cc1cc(F)cc(NC(=O)C(=O)Nc2ccon2)c1. The zero-order valence-electron chi connectivity index (χ0n) is 9.94. The van der Waals surface area contributed by atoms with Crippen molar-refractivity contribution in [1.82, 2.24) is 5.16 Å². The van der Waals surface area contributed by atoms with E-state index in [1.807, 2.05) is 0 Å². The van der Waals surface area contributed by atoms with Crippen LogP contribution in [-0.4, -0.2) is 17.0 Å². The standard InChI is InChI=1S/C12H10FN3O3/c1-7-4-8(13)6-9(5-7)14-11(17)12(18)15-10-2-3-19-16-10/h2-6H,1H3,(H,14,17)(H,15,16,18). The van der Waals surface area contributed by atoms with Gasteiger partial charge in [-0.1, -0.05) is 5.16 Å². The smallest absolute Gasteiger partial charge is 0.315 e. The number of aryl methyl sites for hydroxylation is 1. The second-order valence-corrected chi connectivity index (χ2v) is 3.81. The average molecular weight is 263 g/mol. The van der Waals surface area contributed by atoms with E-state index in [-0.39, 0.29) is 11.5 Å². The molecule has 1 heterocycles. The molecule has 0 bridgehead atoms. The summed E-state index contributed by atoms with van der Waals surface area (Å²) >= 11 is 0. The van der Waals surface area contributed by atoms with Gasteiger partial charge >= 0.3 is 11.8 Å². The number of aromatic nitrogens is 1. The van der Waals surface area contributed by atoms with E-state index in [1.54, 1.807) is 13.0 Å². The number of nitrogens with zero attached hydrogens (tertiary/aromatic N) is 1. The molecule has 0 radical (unpaired) electrons. The molecule has 0 saturated carbocycles. The monoisotopic (exact) mass is 263 g/mol. The molecule has 0 atom stereocenters. The summed E-state index contributed by atoms with van der Waals surface area (Å²) in [6.45, 7) is 1.67. The molecule has 2 aromatic rings. The topological polar surface area (TPSA) is 84.2 Å². The molecule has 98 valence electrons. The molecule has 2 N–H and O–H groups in total. The second kappa shape index (κ2) is 5.30. The number of benzene rings is 1. The molecule has 0 spiro atoms. The molecule has 0 aliphatic rings. The Morgan fingerprint density at radius 2 is 1.95 bits per heavy atom. The predicted molar refractivity (Wildman–Crippen MR) is 64.9 cm³/mol. The number of hydrogen-bond acceptors (Lipinski definition) is 4. The van der Waals surface area contributed by atoms with Crippen molar-refractivity contribution >= 4 is 23.3 Å². The van der Waals surface area contributed by atoms with E-state index in [9.17, 15) is 14.0 Å². The quantitative estimate of drug-likeness (QED) is 0.808. The van der Waals surface area contributed by atoms with Crippen LogP contribution >= 0.6 is 0 Å². The molecule has 0 fully saturated rings. The van der Waals surface area contributed by atoms with E-state index in [2.05, 4.69) is 20.3 Å². The fourth-order valence-corrected chi connectivity index (χ4v) is 1.45. The zero-order valence-corrected chi connectivity index (χ0v) is 9.94. The van der Waals surface area contributed by atoms with E-state index in [0.717, 1.165) is 6.07 Å². The van der Waals surface area contributed by atoms with Crippen molar-refractivity contribution in [2.45, 2.75) is 6.92 Å². The van der Waals surface area contributed by atoms with Crippen LogP contribution in [0.1, 0.15) is 5.56 Å². The summed E-state index contributed by atoms with van der Waals surface area (Å²) in [5, 5.41) is 7.93. The molecule has 1 aromatic heterocycles. The number of nitrogens with one attached hydrogen (secondary N) is 2. The van der Waals surface area contributed by atoms with Crippen molar-refractivity contribution < 1.29 is 18.5 Å². The van der Waals surface area contributed by atoms with Crippen molar-refractivity contribution in [2.24, 2.45) is 0 Å². The van der Waals surface area contributed by atoms with Crippen LogP contribution in [0.2, 0.25) is 0 Å². The van der Waals surface area contributed by atoms with Crippen LogP contribution in [0.15, 0.2) is 35.1 Å². The van der Waals surface area contributed by atoms with Gasteiger partial charge in [0.2, 0.25) is 0 Å². The maximum Gasteiger partial charge on any atom is 0.315 e. The molecule has 0 saturated heterocycles. The molecule has 1 aromatic carbocycles. The van der Waals surface area contributed by atoms with Gasteiger partial charge in [-0.3, -0.25) is 14.9 Å². The molecule has 0 aliphatic heterocycles. The first kappa shape index (κ1) is 12.7. The highest BCUT2D eigenvalue weighted by Crippen LogP contribution is 2.13. The van der Waals surface area contributed by atoms with Crippen molar-refractivity contribution in [3.8, 4) is 0 Å². The van der Waals surface area contributed by atoms with Crippen LogP contribution in [0.25, 0.3) is 0 Å². The number of carbonyl (C=O) groups excluding carboxylic acids is 2. The van der Waals surface area contributed by atoms with Gasteiger partial charge in [0.05, 0.1) is 0 Å². The van der Waals surface area contributed by atoms with Gasteiger partial charge in [-0.2, -0.15) is 0 Å². The van der Waals surface area contributed by atoms with Crippen LogP contribution in [-0.2, 0) is 9.59 Å². The zero-order chi connectivity index (χ0) is 13.8. The van der Waals surface area contributed by atoms with E-state index < -0.39 is 17.6 Å². The van der Waals surface area contributed by atoms with Crippen LogP contribution in [0, 0.1) is 12.7 Å². The number of amides is 2. The van der Waals surface area contributed by atoms with Gasteiger partial charge in [0.25, 0.3) is 0 Å². The van der Waals surface area contributed by atoms with Gasteiger partial charge < -0.3 is 9.84 Å². The van der Waals surface area contributed by atoms with E-state index in [0.29, 0.717) is 5.56 Å². The molecule has 6 nitrogen and oxygen atoms in total. The Labute approximate surface area is 107 Å². The Balaban J connectivity index is 2.02. The molecular weight excluding hydrogens is 253 g/mol. The maximum absolute atomic E-state index is 13.1. The first-order valence-electron chi connectivity index (χ1n) is 5.34. The molecule has 2 amide bonds. The van der Waals surface area contributed by atoms with Gasteiger partial charge in [0.15, 0.2) is 5.82 Å². The summed E-state index contributed by atoms with van der Waals surface area (Å²) in [7, 11) is 0. The van der Waals surface area contributed by atoms with Gasteiger partial charge in [-0.15, -0.1) is 0 Å². The summed E-state index contributed by atoms with van der Waals surface area (Å²) < 4.78 is 17.6. The number of carbonyl (C=O) groups is 2. The Kier molecular flexibility index (Phi) is 3.56. The molecular formula is C12H10FN3O3. The minimum atomic E-state index is -0.923. The summed E-state index contributed by atoms with van der Waals surface area (Å²) in [4.78, 5) is 23.0. The molecule has 0 aliphatic carbocycles. The molecule has 19 heavy (non-hydrogen) atoms. The highest BCUT2D eigenvalue weighted by Gasteiger charge is 2.15. The van der Waals surface area contributed by atoms with E-state index in [4.69, 9.17) is 0 Å². The first-order chi connectivity index (χ1) is 9.04. The lowest BCUT2D eigenvalue weighted by atomic mass is 10.2. The third-order valence-electron chi connectivity index (χ3n) is 2.19. The molecule has 7 heteroatoms. The highest BCUT2D eigenvalue weighted by atomic mass is 19.1. The lowest BCUT2D eigenvalue weighted by molar-refractivity contribution is -0.133. The van der Waals surface area contributed by atoms with E-state index >= 15 is 0 Å². The second-order valence-electron chi connectivity index (χ2n) is 3.81. The van der Waals surface area contributed by atoms with Gasteiger partial charge in [0, 0.05) is 11.8 Å². The van der Waals surface area contributed by atoms with Crippen LogP contribution < -0.4 is 10.6 Å².